The highest BCUT2D eigenvalue weighted by Crippen LogP contribution is 2.33. The fourth-order valence-corrected chi connectivity index (χ4v) is 3.36. The maximum absolute atomic E-state index is 13.1. The van der Waals surface area contributed by atoms with Gasteiger partial charge in [-0.05, 0) is 25.7 Å². The van der Waals surface area contributed by atoms with E-state index in [4.69, 9.17) is 0 Å². The number of halogens is 2. The third-order valence-corrected chi connectivity index (χ3v) is 4.82. The van der Waals surface area contributed by atoms with Crippen molar-refractivity contribution in [2.24, 2.45) is 0 Å². The van der Waals surface area contributed by atoms with Crippen molar-refractivity contribution in [3.05, 3.63) is 15.6 Å². The molecule has 1 fully saturated rings. The molecule has 20 heavy (non-hydrogen) atoms. The Bertz CT molecular complexity index is 489. The first-order valence-corrected chi connectivity index (χ1v) is 7.76. The van der Waals surface area contributed by atoms with E-state index in [1.54, 1.807) is 0 Å². The van der Waals surface area contributed by atoms with E-state index in [0.717, 1.165) is 9.88 Å². The number of carbonyl (C=O) groups excluding carboxylic acids is 1. The molecule has 1 amide bonds. The lowest BCUT2D eigenvalue weighted by molar-refractivity contribution is -0.0399. The maximum atomic E-state index is 13.1. The highest BCUT2D eigenvalue weighted by Gasteiger charge is 2.35. The van der Waals surface area contributed by atoms with E-state index in [1.165, 1.54) is 11.3 Å². The molecule has 0 saturated heterocycles. The van der Waals surface area contributed by atoms with E-state index in [9.17, 15) is 13.6 Å². The van der Waals surface area contributed by atoms with Crippen molar-refractivity contribution in [1.82, 2.24) is 10.3 Å². The molecule has 1 N–H and O–H groups in total. The van der Waals surface area contributed by atoms with Gasteiger partial charge in [-0.2, -0.15) is 0 Å². The summed E-state index contributed by atoms with van der Waals surface area (Å²) in [5.41, 5.74) is 0.458. The third-order valence-electron chi connectivity index (χ3n) is 3.55. The number of carbonyl (C=O) groups is 1. The van der Waals surface area contributed by atoms with Gasteiger partial charge < -0.3 is 5.32 Å². The molecule has 1 aliphatic carbocycles. The normalized spacial score (nSPS) is 19.3. The number of alkyl halides is 2. The highest BCUT2D eigenvalue weighted by atomic mass is 32.1. The molecule has 0 atom stereocenters. The van der Waals surface area contributed by atoms with Crippen LogP contribution >= 0.6 is 11.3 Å². The zero-order valence-corrected chi connectivity index (χ0v) is 12.8. The average molecular weight is 302 g/mol. The molecular formula is C14H20F2N2OS. The van der Waals surface area contributed by atoms with Crippen LogP contribution in [0.25, 0.3) is 0 Å². The zero-order valence-electron chi connectivity index (χ0n) is 12.0. The largest absolute Gasteiger partial charge is 0.348 e. The molecule has 0 aromatic carbocycles. The van der Waals surface area contributed by atoms with Crippen molar-refractivity contribution in [1.29, 1.82) is 0 Å². The topological polar surface area (TPSA) is 42.0 Å². The first-order chi connectivity index (χ1) is 9.28. The lowest BCUT2D eigenvalue weighted by Crippen LogP contribution is -2.40. The first kappa shape index (κ1) is 15.4. The summed E-state index contributed by atoms with van der Waals surface area (Å²) in [7, 11) is 0. The van der Waals surface area contributed by atoms with Gasteiger partial charge in [-0.15, -0.1) is 11.3 Å². The second-order valence-corrected chi connectivity index (χ2v) is 6.94. The van der Waals surface area contributed by atoms with Crippen molar-refractivity contribution in [2.45, 2.75) is 64.3 Å². The number of hydrogen-bond acceptors (Lipinski definition) is 3. The lowest BCUT2D eigenvalue weighted by Gasteiger charge is -2.28. The summed E-state index contributed by atoms with van der Waals surface area (Å²) in [6, 6.07) is -0.163. The van der Waals surface area contributed by atoms with E-state index in [2.05, 4.69) is 10.3 Å². The number of thiazole rings is 1. The van der Waals surface area contributed by atoms with Gasteiger partial charge in [0.05, 0.1) is 5.01 Å². The number of aryl methyl sites for hydroxylation is 1. The molecular weight excluding hydrogens is 282 g/mol. The molecule has 1 saturated carbocycles. The van der Waals surface area contributed by atoms with E-state index >= 15 is 0 Å². The molecule has 1 aliphatic rings. The SMILES string of the molecule is Cc1nc(C(=O)NC2CCC(F)(F)CC2)c(C(C)C)s1. The standard InChI is InChI=1S/C14H20F2N2OS/c1-8(2)12-11(17-9(3)20-12)13(19)18-10-4-6-14(15,16)7-5-10/h8,10H,4-7H2,1-3H3,(H,18,19). The molecule has 0 unspecified atom stereocenters. The Kier molecular flexibility index (Phi) is 4.42. The number of nitrogens with one attached hydrogen (secondary N) is 1. The van der Waals surface area contributed by atoms with Crippen molar-refractivity contribution in [3.8, 4) is 0 Å². The van der Waals surface area contributed by atoms with Crippen molar-refractivity contribution < 1.29 is 13.6 Å². The molecule has 0 bridgehead atoms. The Morgan fingerprint density at radius 1 is 1.40 bits per heavy atom. The molecule has 0 radical (unpaired) electrons. The van der Waals surface area contributed by atoms with Crippen LogP contribution in [0.15, 0.2) is 0 Å². The predicted molar refractivity (Wildman–Crippen MR) is 75.6 cm³/mol. The molecule has 1 aromatic rings. The van der Waals surface area contributed by atoms with E-state index < -0.39 is 5.92 Å². The van der Waals surface area contributed by atoms with E-state index in [1.807, 2.05) is 20.8 Å². The van der Waals surface area contributed by atoms with Gasteiger partial charge >= 0.3 is 0 Å². The monoisotopic (exact) mass is 302 g/mol. The van der Waals surface area contributed by atoms with Gasteiger partial charge in [0.2, 0.25) is 5.92 Å². The molecule has 1 aromatic heterocycles. The number of hydrogen-bond donors (Lipinski definition) is 1. The molecule has 0 spiro atoms. The van der Waals surface area contributed by atoms with Crippen LogP contribution in [-0.4, -0.2) is 22.9 Å². The minimum Gasteiger partial charge on any atom is -0.348 e. The van der Waals surface area contributed by atoms with E-state index in [0.29, 0.717) is 18.5 Å². The summed E-state index contributed by atoms with van der Waals surface area (Å²) in [5, 5.41) is 3.71. The summed E-state index contributed by atoms with van der Waals surface area (Å²) in [5.74, 6) is -2.56. The first-order valence-electron chi connectivity index (χ1n) is 6.94. The summed E-state index contributed by atoms with van der Waals surface area (Å²) >= 11 is 1.52. The van der Waals surface area contributed by atoms with Crippen LogP contribution in [0.4, 0.5) is 8.78 Å². The van der Waals surface area contributed by atoms with Gasteiger partial charge in [-0.1, -0.05) is 13.8 Å². The van der Waals surface area contributed by atoms with Crippen molar-refractivity contribution >= 4 is 17.2 Å². The van der Waals surface area contributed by atoms with Gasteiger partial charge in [0.15, 0.2) is 0 Å². The van der Waals surface area contributed by atoms with Crippen LogP contribution in [0.5, 0.6) is 0 Å². The molecule has 112 valence electrons. The van der Waals surface area contributed by atoms with Crippen LogP contribution in [0.2, 0.25) is 0 Å². The van der Waals surface area contributed by atoms with Crippen LogP contribution < -0.4 is 5.32 Å². The second kappa shape index (κ2) is 5.76. The Morgan fingerprint density at radius 3 is 2.55 bits per heavy atom. The minimum absolute atomic E-state index is 0.148. The quantitative estimate of drug-likeness (QED) is 0.920. The summed E-state index contributed by atoms with van der Waals surface area (Å²) < 4.78 is 26.2. The Morgan fingerprint density at radius 2 is 2.00 bits per heavy atom. The average Bonchev–Trinajstić information content (AvgIpc) is 2.74. The Labute approximate surface area is 121 Å². The smallest absolute Gasteiger partial charge is 0.271 e. The van der Waals surface area contributed by atoms with Crippen LogP contribution in [0, 0.1) is 6.92 Å². The number of rotatable bonds is 3. The van der Waals surface area contributed by atoms with Crippen molar-refractivity contribution in [2.75, 3.05) is 0 Å². The zero-order chi connectivity index (χ0) is 14.9. The van der Waals surface area contributed by atoms with Gasteiger partial charge in [-0.25, -0.2) is 13.8 Å². The summed E-state index contributed by atoms with van der Waals surface area (Å²) in [6.45, 7) is 5.91. The maximum Gasteiger partial charge on any atom is 0.271 e. The van der Waals surface area contributed by atoms with Crippen molar-refractivity contribution in [3.63, 3.8) is 0 Å². The number of amides is 1. The summed E-state index contributed by atoms with van der Waals surface area (Å²) in [4.78, 5) is 17.5. The molecule has 6 heteroatoms. The van der Waals surface area contributed by atoms with Gasteiger partial charge in [0.1, 0.15) is 5.69 Å². The Hall–Kier alpha value is -1.04. The minimum atomic E-state index is -2.57. The highest BCUT2D eigenvalue weighted by molar-refractivity contribution is 7.12. The molecule has 3 nitrogen and oxygen atoms in total. The number of aromatic nitrogens is 1. The van der Waals surface area contributed by atoms with Gasteiger partial charge in [0, 0.05) is 23.8 Å². The van der Waals surface area contributed by atoms with Crippen LogP contribution in [0.1, 0.15) is 65.8 Å². The van der Waals surface area contributed by atoms with Gasteiger partial charge in [-0.3, -0.25) is 4.79 Å². The number of nitrogens with zero attached hydrogens (tertiary/aromatic N) is 1. The predicted octanol–water partition coefficient (Wildman–Crippen LogP) is 3.88. The third kappa shape index (κ3) is 3.53. The second-order valence-electron chi connectivity index (χ2n) is 5.70. The lowest BCUT2D eigenvalue weighted by atomic mass is 9.92. The van der Waals surface area contributed by atoms with E-state index in [-0.39, 0.29) is 30.7 Å². The van der Waals surface area contributed by atoms with Gasteiger partial charge in [0.25, 0.3) is 5.91 Å². The Balaban J connectivity index is 2.02. The fourth-order valence-electron chi connectivity index (χ4n) is 2.44. The molecule has 2 rings (SSSR count). The fraction of sp³-hybridized carbons (Fsp3) is 0.714. The molecule has 0 aliphatic heterocycles. The summed E-state index contributed by atoms with van der Waals surface area (Å²) in [6.07, 6.45) is 0.369. The van der Waals surface area contributed by atoms with Crippen LogP contribution in [-0.2, 0) is 0 Å². The molecule has 1 heterocycles. The van der Waals surface area contributed by atoms with Crippen LogP contribution in [0.3, 0.4) is 0 Å².